The van der Waals surface area contributed by atoms with Gasteiger partial charge in [-0.05, 0) is 31.0 Å². The Morgan fingerprint density at radius 3 is 3.05 bits per heavy atom. The Bertz CT molecular complexity index is 666. The highest BCUT2D eigenvalue weighted by molar-refractivity contribution is 7.90. The maximum atomic E-state index is 12.4. The molecule has 0 bridgehead atoms. The largest absolute Gasteiger partial charge is 0.348 e. The molecule has 2 N–H and O–H groups in total. The highest BCUT2D eigenvalue weighted by Crippen LogP contribution is 2.17. The molecule has 8 heteroatoms. The minimum absolute atomic E-state index is 0.0285. The molecule has 3 aliphatic heterocycles. The van der Waals surface area contributed by atoms with Crippen molar-refractivity contribution in [3.63, 3.8) is 0 Å². The van der Waals surface area contributed by atoms with Crippen LogP contribution in [-0.2, 0) is 14.8 Å². The molecule has 3 heterocycles. The van der Waals surface area contributed by atoms with E-state index in [4.69, 9.17) is 0 Å². The molecule has 0 aliphatic carbocycles. The van der Waals surface area contributed by atoms with E-state index in [0.717, 1.165) is 19.5 Å². The van der Waals surface area contributed by atoms with Crippen LogP contribution < -0.4 is 10.6 Å². The van der Waals surface area contributed by atoms with Crippen LogP contribution in [0.1, 0.15) is 13.3 Å². The molecule has 0 spiro atoms. The van der Waals surface area contributed by atoms with Crippen LogP contribution in [0.3, 0.4) is 0 Å². The topological polar surface area (TPSA) is 90.9 Å². The van der Waals surface area contributed by atoms with Crippen molar-refractivity contribution < 1.29 is 13.2 Å². The average Bonchev–Trinajstić information content (AvgIpc) is 2.48. The van der Waals surface area contributed by atoms with Gasteiger partial charge in [-0.1, -0.05) is 6.92 Å². The lowest BCUT2D eigenvalue weighted by Gasteiger charge is -2.31. The van der Waals surface area contributed by atoms with E-state index in [1.165, 1.54) is 0 Å². The summed E-state index contributed by atoms with van der Waals surface area (Å²) >= 11 is 0. The number of amides is 1. The number of fused-ring (bicyclic) bond motifs is 1. The third-order valence-corrected chi connectivity index (χ3v) is 5.39. The van der Waals surface area contributed by atoms with Crippen LogP contribution in [0.4, 0.5) is 0 Å². The van der Waals surface area contributed by atoms with Crippen LogP contribution in [0.5, 0.6) is 0 Å². The molecule has 0 aromatic heterocycles. The van der Waals surface area contributed by atoms with Gasteiger partial charge in [0, 0.05) is 25.3 Å². The summed E-state index contributed by atoms with van der Waals surface area (Å²) in [4.78, 5) is 14.1. The standard InChI is InChI=1S/C14H20N4O3S/c1-10-4-5-15-8-12(10)16-14(19)11-2-3-13-17-22(20,21)7-6-18(13)9-11/h2-3,9-10,12,15H,4-8H2,1H3,(H,16,19). The van der Waals surface area contributed by atoms with Gasteiger partial charge in [-0.15, -0.1) is 4.40 Å². The third-order valence-electron chi connectivity index (χ3n) is 4.23. The minimum Gasteiger partial charge on any atom is -0.348 e. The highest BCUT2D eigenvalue weighted by atomic mass is 32.2. The Morgan fingerprint density at radius 1 is 1.45 bits per heavy atom. The van der Waals surface area contributed by atoms with E-state index >= 15 is 0 Å². The smallest absolute Gasteiger partial charge is 0.256 e. The summed E-state index contributed by atoms with van der Waals surface area (Å²) in [6, 6.07) is 0.118. The molecular formula is C14H20N4O3S. The molecule has 0 saturated carbocycles. The Morgan fingerprint density at radius 2 is 2.27 bits per heavy atom. The zero-order valence-corrected chi connectivity index (χ0v) is 13.3. The van der Waals surface area contributed by atoms with E-state index in [1.54, 1.807) is 23.3 Å². The zero-order valence-electron chi connectivity index (χ0n) is 12.4. The number of nitrogens with zero attached hydrogens (tertiary/aromatic N) is 2. The average molecular weight is 324 g/mol. The first-order valence-corrected chi connectivity index (χ1v) is 9.06. The molecule has 1 amide bonds. The summed E-state index contributed by atoms with van der Waals surface area (Å²) in [6.45, 7) is 4.22. The van der Waals surface area contributed by atoms with Gasteiger partial charge in [0.05, 0.1) is 11.3 Å². The van der Waals surface area contributed by atoms with Crippen molar-refractivity contribution in [1.82, 2.24) is 15.5 Å². The van der Waals surface area contributed by atoms with Crippen molar-refractivity contribution in [2.24, 2.45) is 10.3 Å². The van der Waals surface area contributed by atoms with E-state index in [1.807, 2.05) is 0 Å². The van der Waals surface area contributed by atoms with Crippen LogP contribution in [0.15, 0.2) is 28.3 Å². The number of carbonyl (C=O) groups is 1. The number of piperidine rings is 1. The highest BCUT2D eigenvalue weighted by Gasteiger charge is 2.27. The van der Waals surface area contributed by atoms with E-state index in [-0.39, 0.29) is 17.7 Å². The number of rotatable bonds is 2. The maximum Gasteiger partial charge on any atom is 0.256 e. The van der Waals surface area contributed by atoms with Crippen molar-refractivity contribution in [2.75, 3.05) is 25.4 Å². The second kappa shape index (κ2) is 5.85. The van der Waals surface area contributed by atoms with Crippen LogP contribution in [0, 0.1) is 5.92 Å². The van der Waals surface area contributed by atoms with Crippen molar-refractivity contribution in [1.29, 1.82) is 0 Å². The first kappa shape index (κ1) is 15.2. The molecule has 7 nitrogen and oxygen atoms in total. The fourth-order valence-electron chi connectivity index (χ4n) is 2.77. The fraction of sp³-hybridized carbons (Fsp3) is 0.571. The summed E-state index contributed by atoms with van der Waals surface area (Å²) in [5.41, 5.74) is 0.524. The Hall–Kier alpha value is -1.67. The lowest BCUT2D eigenvalue weighted by atomic mass is 9.94. The van der Waals surface area contributed by atoms with Gasteiger partial charge in [0.15, 0.2) is 0 Å². The van der Waals surface area contributed by atoms with Gasteiger partial charge in [-0.25, -0.2) is 8.42 Å². The number of nitrogens with one attached hydrogen (secondary N) is 2. The van der Waals surface area contributed by atoms with Gasteiger partial charge in [-0.3, -0.25) is 4.79 Å². The SMILES string of the molecule is CC1CCNCC1NC(=O)C1=CN2CCS(=O)(=O)N=C2C=C1. The molecule has 0 radical (unpaired) electrons. The number of carbonyl (C=O) groups excluding carboxylic acids is 1. The maximum absolute atomic E-state index is 12.4. The number of amidine groups is 1. The normalized spacial score (nSPS) is 30.1. The second-order valence-corrected chi connectivity index (χ2v) is 7.65. The first-order chi connectivity index (χ1) is 10.4. The molecule has 22 heavy (non-hydrogen) atoms. The zero-order chi connectivity index (χ0) is 15.7. The van der Waals surface area contributed by atoms with E-state index in [0.29, 0.717) is 23.9 Å². The Kier molecular flexibility index (Phi) is 4.05. The molecular weight excluding hydrogens is 304 g/mol. The number of sulfonamides is 1. The molecule has 2 unspecified atom stereocenters. The monoisotopic (exact) mass is 324 g/mol. The lowest BCUT2D eigenvalue weighted by molar-refractivity contribution is -0.118. The van der Waals surface area contributed by atoms with Gasteiger partial charge in [0.25, 0.3) is 15.9 Å². The van der Waals surface area contributed by atoms with Crippen LogP contribution >= 0.6 is 0 Å². The van der Waals surface area contributed by atoms with Crippen molar-refractivity contribution in [2.45, 2.75) is 19.4 Å². The molecule has 1 saturated heterocycles. The quantitative estimate of drug-likeness (QED) is 0.721. The molecule has 0 aromatic rings. The molecule has 3 rings (SSSR count). The molecule has 120 valence electrons. The lowest BCUT2D eigenvalue weighted by Crippen LogP contribution is -2.50. The number of hydrogen-bond acceptors (Lipinski definition) is 5. The predicted octanol–water partition coefficient (Wildman–Crippen LogP) is -0.402. The van der Waals surface area contributed by atoms with Crippen LogP contribution in [-0.4, -0.2) is 56.5 Å². The third kappa shape index (κ3) is 3.22. The predicted molar refractivity (Wildman–Crippen MR) is 83.7 cm³/mol. The Labute approximate surface area is 130 Å². The summed E-state index contributed by atoms with van der Waals surface area (Å²) in [5, 5.41) is 6.32. The van der Waals surface area contributed by atoms with Gasteiger partial charge >= 0.3 is 0 Å². The summed E-state index contributed by atoms with van der Waals surface area (Å²) in [7, 11) is -3.36. The van der Waals surface area contributed by atoms with Gasteiger partial charge in [-0.2, -0.15) is 0 Å². The van der Waals surface area contributed by atoms with Gasteiger partial charge in [0.1, 0.15) is 5.84 Å². The molecule has 0 aromatic carbocycles. The molecule has 3 aliphatic rings. The van der Waals surface area contributed by atoms with Gasteiger partial charge < -0.3 is 15.5 Å². The van der Waals surface area contributed by atoms with Crippen LogP contribution in [0.25, 0.3) is 0 Å². The second-order valence-electron chi connectivity index (χ2n) is 5.90. The number of hydrogen-bond donors (Lipinski definition) is 2. The van der Waals surface area contributed by atoms with Crippen molar-refractivity contribution in [3.05, 3.63) is 23.9 Å². The van der Waals surface area contributed by atoms with E-state index in [2.05, 4.69) is 22.0 Å². The summed E-state index contributed by atoms with van der Waals surface area (Å²) in [6.07, 6.45) is 5.91. The summed E-state index contributed by atoms with van der Waals surface area (Å²) in [5.74, 6) is 0.648. The first-order valence-electron chi connectivity index (χ1n) is 7.45. The molecule has 2 atom stereocenters. The minimum atomic E-state index is -3.36. The molecule has 1 fully saturated rings. The van der Waals surface area contributed by atoms with Gasteiger partial charge in [0.2, 0.25) is 0 Å². The van der Waals surface area contributed by atoms with Crippen LogP contribution in [0.2, 0.25) is 0 Å². The fourth-order valence-corrected chi connectivity index (χ4v) is 3.74. The Balaban J connectivity index is 1.70. The summed E-state index contributed by atoms with van der Waals surface area (Å²) < 4.78 is 26.6. The van der Waals surface area contributed by atoms with E-state index in [9.17, 15) is 13.2 Å². The van der Waals surface area contributed by atoms with E-state index < -0.39 is 10.0 Å². The van der Waals surface area contributed by atoms with Crippen molar-refractivity contribution >= 4 is 21.8 Å². The van der Waals surface area contributed by atoms with Crippen molar-refractivity contribution in [3.8, 4) is 0 Å².